The average Bonchev–Trinajstić information content (AvgIpc) is 2.68. The molecular formula is C15H15ClFNO2. The van der Waals surface area contributed by atoms with Crippen LogP contribution in [-0.4, -0.2) is 28.9 Å². The average molecular weight is 296 g/mol. The number of halogens is 2. The largest absolute Gasteiger partial charge is 0.269 e. The fourth-order valence-electron chi connectivity index (χ4n) is 3.05. The van der Waals surface area contributed by atoms with Gasteiger partial charge in [-0.05, 0) is 44.3 Å². The molecule has 0 saturated carbocycles. The molecule has 3 aliphatic rings. The quantitative estimate of drug-likeness (QED) is 0.697. The molecule has 20 heavy (non-hydrogen) atoms. The van der Waals surface area contributed by atoms with Crippen LogP contribution in [0.3, 0.4) is 0 Å². The van der Waals surface area contributed by atoms with Crippen LogP contribution in [0.15, 0.2) is 33.9 Å². The second-order valence-corrected chi connectivity index (χ2v) is 5.85. The third-order valence-corrected chi connectivity index (χ3v) is 4.57. The molecule has 0 fully saturated rings. The number of nitrogens with zero attached hydrogens (tertiary/aromatic N) is 1. The van der Waals surface area contributed by atoms with Gasteiger partial charge in [0.1, 0.15) is 6.17 Å². The monoisotopic (exact) mass is 295 g/mol. The summed E-state index contributed by atoms with van der Waals surface area (Å²) >= 11 is 5.88. The van der Waals surface area contributed by atoms with E-state index in [0.717, 1.165) is 17.7 Å². The number of carbonyl (C=O) groups excluding carboxylic acids is 2. The Kier molecular flexibility index (Phi) is 3.28. The van der Waals surface area contributed by atoms with Gasteiger partial charge in [-0.25, -0.2) is 4.39 Å². The van der Waals surface area contributed by atoms with Gasteiger partial charge in [-0.2, -0.15) is 0 Å². The zero-order valence-electron chi connectivity index (χ0n) is 11.2. The lowest BCUT2D eigenvalue weighted by molar-refractivity contribution is -0.140. The first-order chi connectivity index (χ1) is 9.50. The topological polar surface area (TPSA) is 37.4 Å². The van der Waals surface area contributed by atoms with Gasteiger partial charge >= 0.3 is 0 Å². The molecule has 0 N–H and O–H groups in total. The predicted octanol–water partition coefficient (Wildman–Crippen LogP) is 3.02. The Labute approximate surface area is 121 Å². The predicted molar refractivity (Wildman–Crippen MR) is 73.7 cm³/mol. The molecular weight excluding hydrogens is 281 g/mol. The molecule has 1 unspecified atom stereocenters. The molecule has 0 aromatic carbocycles. The highest BCUT2D eigenvalue weighted by atomic mass is 35.5. The van der Waals surface area contributed by atoms with E-state index in [1.54, 1.807) is 13.0 Å². The lowest BCUT2D eigenvalue weighted by Gasteiger charge is -2.29. The Hall–Kier alpha value is -1.42. The Morgan fingerprint density at radius 3 is 2.25 bits per heavy atom. The summed E-state index contributed by atoms with van der Waals surface area (Å²) in [5, 5.41) is 0.338. The van der Waals surface area contributed by atoms with Crippen LogP contribution in [0.2, 0.25) is 0 Å². The van der Waals surface area contributed by atoms with Crippen LogP contribution in [0.1, 0.15) is 32.6 Å². The number of rotatable bonds is 1. The number of carbonyl (C=O) groups is 2. The molecule has 0 aromatic heterocycles. The molecule has 2 aliphatic carbocycles. The molecule has 106 valence electrons. The summed E-state index contributed by atoms with van der Waals surface area (Å²) in [6, 6.07) is -0.872. The van der Waals surface area contributed by atoms with Gasteiger partial charge in [0.2, 0.25) is 0 Å². The first-order valence-electron chi connectivity index (χ1n) is 6.81. The number of amides is 2. The van der Waals surface area contributed by atoms with E-state index in [1.807, 2.05) is 0 Å². The minimum Gasteiger partial charge on any atom is -0.269 e. The number of imide groups is 1. The van der Waals surface area contributed by atoms with Gasteiger partial charge in [-0.15, -0.1) is 0 Å². The van der Waals surface area contributed by atoms with Crippen LogP contribution in [0, 0.1) is 0 Å². The first-order valence-corrected chi connectivity index (χ1v) is 7.18. The lowest BCUT2D eigenvalue weighted by Crippen LogP contribution is -2.45. The molecule has 0 radical (unpaired) electrons. The summed E-state index contributed by atoms with van der Waals surface area (Å²) in [5.74, 6) is -0.652. The van der Waals surface area contributed by atoms with E-state index in [1.165, 1.54) is 6.08 Å². The van der Waals surface area contributed by atoms with Gasteiger partial charge in [0.25, 0.3) is 11.8 Å². The second kappa shape index (κ2) is 4.85. The summed E-state index contributed by atoms with van der Waals surface area (Å²) < 4.78 is 14.2. The smallest absolute Gasteiger partial charge is 0.257 e. The lowest BCUT2D eigenvalue weighted by atomic mass is 9.93. The van der Waals surface area contributed by atoms with E-state index >= 15 is 0 Å². The maximum Gasteiger partial charge on any atom is 0.257 e. The zero-order valence-corrected chi connectivity index (χ0v) is 11.9. The fourth-order valence-corrected chi connectivity index (χ4v) is 3.23. The molecule has 1 heterocycles. The molecule has 0 aromatic rings. The van der Waals surface area contributed by atoms with E-state index in [9.17, 15) is 14.0 Å². The molecule has 0 spiro atoms. The van der Waals surface area contributed by atoms with Crippen molar-refractivity contribution in [1.29, 1.82) is 0 Å². The van der Waals surface area contributed by atoms with E-state index in [4.69, 9.17) is 11.6 Å². The van der Waals surface area contributed by atoms with Gasteiger partial charge in [-0.3, -0.25) is 14.5 Å². The highest BCUT2D eigenvalue weighted by Crippen LogP contribution is 2.36. The molecule has 5 heteroatoms. The summed E-state index contributed by atoms with van der Waals surface area (Å²) in [7, 11) is 0. The number of alkyl halides is 1. The minimum absolute atomic E-state index is 0.326. The van der Waals surface area contributed by atoms with E-state index < -0.39 is 12.2 Å². The Bertz CT molecular complexity index is 563. The Balaban J connectivity index is 1.94. The molecule has 2 amide bonds. The zero-order chi connectivity index (χ0) is 14.4. The van der Waals surface area contributed by atoms with Crippen LogP contribution in [0.4, 0.5) is 4.39 Å². The van der Waals surface area contributed by atoms with Crippen molar-refractivity contribution in [2.24, 2.45) is 0 Å². The summed E-state index contributed by atoms with van der Waals surface area (Å²) in [4.78, 5) is 25.8. The highest BCUT2D eigenvalue weighted by molar-refractivity contribution is 6.32. The summed E-state index contributed by atoms with van der Waals surface area (Å²) in [5.41, 5.74) is 1.86. The standard InChI is InChI=1S/C15H15ClFNO2/c1-8-6-13(12(17)7-11(8)16)18-14(19)9-4-2-3-5-10(9)15(18)20/h6-7,12-13H,2-5H2,1H3/t12?,13-/m1/s1. The van der Waals surface area contributed by atoms with Crippen molar-refractivity contribution >= 4 is 23.4 Å². The third kappa shape index (κ3) is 1.94. The summed E-state index contributed by atoms with van der Waals surface area (Å²) in [6.07, 6.45) is 4.46. The third-order valence-electron chi connectivity index (χ3n) is 4.15. The van der Waals surface area contributed by atoms with Gasteiger partial charge in [-0.1, -0.05) is 17.7 Å². The normalized spacial score (nSPS) is 30.4. The van der Waals surface area contributed by atoms with Crippen molar-refractivity contribution in [2.75, 3.05) is 0 Å². The van der Waals surface area contributed by atoms with Crippen LogP contribution >= 0.6 is 11.6 Å². The minimum atomic E-state index is -1.44. The highest BCUT2D eigenvalue weighted by Gasteiger charge is 2.44. The second-order valence-electron chi connectivity index (χ2n) is 5.44. The number of hydrogen-bond acceptors (Lipinski definition) is 2. The van der Waals surface area contributed by atoms with Gasteiger partial charge in [0, 0.05) is 16.2 Å². The molecule has 3 nitrogen and oxygen atoms in total. The molecule has 2 atom stereocenters. The van der Waals surface area contributed by atoms with Crippen LogP contribution in [0.5, 0.6) is 0 Å². The van der Waals surface area contributed by atoms with Crippen LogP contribution in [-0.2, 0) is 9.59 Å². The SMILES string of the molecule is CC1=C[C@@H](N2C(=O)C3=C(CCCC3)C2=O)C(F)C=C1Cl. The van der Waals surface area contributed by atoms with Crippen molar-refractivity contribution in [3.8, 4) is 0 Å². The molecule has 1 aliphatic heterocycles. The van der Waals surface area contributed by atoms with Gasteiger partial charge < -0.3 is 0 Å². The molecule has 0 saturated heterocycles. The van der Waals surface area contributed by atoms with Gasteiger partial charge in [0.15, 0.2) is 0 Å². The van der Waals surface area contributed by atoms with Crippen molar-refractivity contribution in [2.45, 2.75) is 44.8 Å². The van der Waals surface area contributed by atoms with E-state index in [0.29, 0.717) is 34.6 Å². The number of hydrogen-bond donors (Lipinski definition) is 0. The molecule has 3 rings (SSSR count). The van der Waals surface area contributed by atoms with Crippen molar-refractivity contribution in [3.63, 3.8) is 0 Å². The van der Waals surface area contributed by atoms with Crippen molar-refractivity contribution < 1.29 is 14.0 Å². The van der Waals surface area contributed by atoms with Gasteiger partial charge in [0.05, 0.1) is 6.04 Å². The van der Waals surface area contributed by atoms with Crippen molar-refractivity contribution in [3.05, 3.63) is 33.9 Å². The van der Waals surface area contributed by atoms with Crippen LogP contribution < -0.4 is 0 Å². The van der Waals surface area contributed by atoms with E-state index in [2.05, 4.69) is 0 Å². The summed E-state index contributed by atoms with van der Waals surface area (Å²) in [6.45, 7) is 1.75. The fraction of sp³-hybridized carbons (Fsp3) is 0.467. The van der Waals surface area contributed by atoms with E-state index in [-0.39, 0.29) is 11.8 Å². The first kappa shape index (κ1) is 13.6. The number of allylic oxidation sites excluding steroid dienone is 2. The Morgan fingerprint density at radius 1 is 1.15 bits per heavy atom. The van der Waals surface area contributed by atoms with Crippen molar-refractivity contribution in [1.82, 2.24) is 4.90 Å². The maximum absolute atomic E-state index is 14.2. The molecule has 0 bridgehead atoms. The van der Waals surface area contributed by atoms with Crippen LogP contribution in [0.25, 0.3) is 0 Å². The Morgan fingerprint density at radius 2 is 1.70 bits per heavy atom. The maximum atomic E-state index is 14.2.